The van der Waals surface area contributed by atoms with E-state index in [0.717, 1.165) is 65.2 Å². The van der Waals surface area contributed by atoms with Gasteiger partial charge in [0.05, 0.1) is 11.0 Å². The first-order chi connectivity index (χ1) is 13.7. The lowest BCUT2D eigenvalue weighted by molar-refractivity contribution is 0.629. The minimum atomic E-state index is -0.229. The quantitative estimate of drug-likeness (QED) is 0.307. The first-order valence-corrected chi connectivity index (χ1v) is 9.36. The van der Waals surface area contributed by atoms with Crippen molar-refractivity contribution in [2.45, 2.75) is 12.8 Å². The molecule has 0 bridgehead atoms. The summed E-state index contributed by atoms with van der Waals surface area (Å²) in [5.41, 5.74) is 4.01. The standard InChI is InChI=1S/C21H23FN6/c1-23-21(25-11-9-20-27-17-4-2-3-5-18(17)28-20)24-10-8-14-13-26-19-12-15(22)6-7-16(14)19/h2-7,12-13,26H,8-11H2,1H3,(H,27,28)(H2,23,24,25). The monoisotopic (exact) mass is 378 g/mol. The summed E-state index contributed by atoms with van der Waals surface area (Å²) in [6.45, 7) is 1.46. The van der Waals surface area contributed by atoms with Crippen LogP contribution in [-0.4, -0.2) is 41.0 Å². The summed E-state index contributed by atoms with van der Waals surface area (Å²) in [6, 6.07) is 12.8. The number of nitrogens with zero attached hydrogens (tertiary/aromatic N) is 2. The van der Waals surface area contributed by atoms with E-state index in [1.54, 1.807) is 7.05 Å². The van der Waals surface area contributed by atoms with Gasteiger partial charge in [-0.05, 0) is 42.3 Å². The van der Waals surface area contributed by atoms with Crippen LogP contribution < -0.4 is 10.6 Å². The van der Waals surface area contributed by atoms with Crippen molar-refractivity contribution < 1.29 is 4.39 Å². The lowest BCUT2D eigenvalue weighted by Crippen LogP contribution is -2.39. The molecule has 0 atom stereocenters. The van der Waals surface area contributed by atoms with E-state index in [1.807, 2.05) is 36.5 Å². The molecule has 0 fully saturated rings. The Labute approximate surface area is 162 Å². The molecule has 4 rings (SSSR count). The van der Waals surface area contributed by atoms with Gasteiger partial charge < -0.3 is 20.6 Å². The lowest BCUT2D eigenvalue weighted by atomic mass is 10.1. The Morgan fingerprint density at radius 3 is 2.71 bits per heavy atom. The Kier molecular flexibility index (Phi) is 5.23. The second kappa shape index (κ2) is 8.12. The number of aromatic nitrogens is 3. The zero-order chi connectivity index (χ0) is 19.3. The van der Waals surface area contributed by atoms with Gasteiger partial charge in [-0.25, -0.2) is 9.37 Å². The van der Waals surface area contributed by atoms with E-state index in [2.05, 4.69) is 30.6 Å². The molecular weight excluding hydrogens is 355 g/mol. The SMILES string of the molecule is CN=C(NCCc1nc2ccccc2[nH]1)NCCc1c[nH]c2cc(F)ccc12. The fourth-order valence-electron chi connectivity index (χ4n) is 3.32. The molecule has 144 valence electrons. The van der Waals surface area contributed by atoms with Gasteiger partial charge in [-0.15, -0.1) is 0 Å². The molecule has 0 amide bonds. The third-order valence-electron chi connectivity index (χ3n) is 4.73. The van der Waals surface area contributed by atoms with Crippen LogP contribution in [0.1, 0.15) is 11.4 Å². The van der Waals surface area contributed by atoms with Crippen LogP contribution in [0, 0.1) is 5.82 Å². The van der Waals surface area contributed by atoms with Gasteiger partial charge in [0.1, 0.15) is 11.6 Å². The first kappa shape index (κ1) is 18.0. The molecule has 2 aromatic heterocycles. The minimum absolute atomic E-state index is 0.229. The molecule has 2 aromatic carbocycles. The Morgan fingerprint density at radius 1 is 1.07 bits per heavy atom. The van der Waals surface area contributed by atoms with Crippen molar-refractivity contribution >= 4 is 27.9 Å². The topological polar surface area (TPSA) is 80.9 Å². The molecule has 0 aliphatic heterocycles. The summed E-state index contributed by atoms with van der Waals surface area (Å²) in [4.78, 5) is 15.3. The minimum Gasteiger partial charge on any atom is -0.361 e. The van der Waals surface area contributed by atoms with Crippen LogP contribution >= 0.6 is 0 Å². The second-order valence-corrected chi connectivity index (χ2v) is 6.63. The fraction of sp³-hybridized carbons (Fsp3) is 0.238. The van der Waals surface area contributed by atoms with E-state index in [0.29, 0.717) is 0 Å². The van der Waals surface area contributed by atoms with Crippen molar-refractivity contribution in [3.8, 4) is 0 Å². The molecule has 0 radical (unpaired) electrons. The molecule has 0 spiro atoms. The number of aromatic amines is 2. The maximum Gasteiger partial charge on any atom is 0.191 e. The number of aliphatic imine (C=N–C) groups is 1. The van der Waals surface area contributed by atoms with Crippen molar-refractivity contribution in [1.82, 2.24) is 25.6 Å². The fourth-order valence-corrected chi connectivity index (χ4v) is 3.32. The molecule has 28 heavy (non-hydrogen) atoms. The zero-order valence-electron chi connectivity index (χ0n) is 15.7. The smallest absolute Gasteiger partial charge is 0.191 e. The largest absolute Gasteiger partial charge is 0.361 e. The molecule has 0 saturated carbocycles. The number of H-pyrrole nitrogens is 2. The molecule has 0 saturated heterocycles. The van der Waals surface area contributed by atoms with Gasteiger partial charge in [0.25, 0.3) is 0 Å². The number of rotatable bonds is 6. The first-order valence-electron chi connectivity index (χ1n) is 9.36. The number of benzene rings is 2. The zero-order valence-corrected chi connectivity index (χ0v) is 15.7. The second-order valence-electron chi connectivity index (χ2n) is 6.63. The van der Waals surface area contributed by atoms with E-state index in [-0.39, 0.29) is 5.82 Å². The van der Waals surface area contributed by atoms with Gasteiger partial charge in [0, 0.05) is 43.7 Å². The van der Waals surface area contributed by atoms with Gasteiger partial charge >= 0.3 is 0 Å². The van der Waals surface area contributed by atoms with Gasteiger partial charge in [-0.2, -0.15) is 0 Å². The maximum atomic E-state index is 13.3. The third kappa shape index (κ3) is 3.98. The van der Waals surface area contributed by atoms with Crippen LogP contribution in [0.2, 0.25) is 0 Å². The number of hydrogen-bond donors (Lipinski definition) is 4. The maximum absolute atomic E-state index is 13.3. The highest BCUT2D eigenvalue weighted by Gasteiger charge is 2.06. The summed E-state index contributed by atoms with van der Waals surface area (Å²) in [5.74, 6) is 1.48. The molecule has 0 unspecified atom stereocenters. The number of guanidine groups is 1. The summed E-state index contributed by atoms with van der Waals surface area (Å²) in [5, 5.41) is 7.68. The number of para-hydroxylation sites is 2. The van der Waals surface area contributed by atoms with Crippen molar-refractivity contribution in [1.29, 1.82) is 0 Å². The average molecular weight is 378 g/mol. The van der Waals surface area contributed by atoms with Crippen LogP contribution in [0.25, 0.3) is 21.9 Å². The Hall–Kier alpha value is -3.35. The summed E-state index contributed by atoms with van der Waals surface area (Å²) in [6.07, 6.45) is 3.53. The highest BCUT2D eigenvalue weighted by atomic mass is 19.1. The molecule has 2 heterocycles. The lowest BCUT2D eigenvalue weighted by Gasteiger charge is -2.11. The molecule has 6 nitrogen and oxygen atoms in total. The molecule has 7 heteroatoms. The van der Waals surface area contributed by atoms with E-state index in [9.17, 15) is 4.39 Å². The predicted molar refractivity (Wildman–Crippen MR) is 111 cm³/mol. The van der Waals surface area contributed by atoms with Crippen LogP contribution in [0.4, 0.5) is 4.39 Å². The van der Waals surface area contributed by atoms with Crippen LogP contribution in [0.15, 0.2) is 53.7 Å². The predicted octanol–water partition coefficient (Wildman–Crippen LogP) is 3.13. The number of imidazole rings is 1. The molecular formula is C21H23FN6. The molecule has 4 aromatic rings. The van der Waals surface area contributed by atoms with E-state index in [4.69, 9.17) is 0 Å². The van der Waals surface area contributed by atoms with Crippen LogP contribution in [0.3, 0.4) is 0 Å². The number of hydrogen-bond acceptors (Lipinski definition) is 2. The summed E-state index contributed by atoms with van der Waals surface area (Å²) in [7, 11) is 1.75. The number of fused-ring (bicyclic) bond motifs is 2. The summed E-state index contributed by atoms with van der Waals surface area (Å²) < 4.78 is 13.3. The molecule has 0 aliphatic rings. The normalized spacial score (nSPS) is 12.0. The van der Waals surface area contributed by atoms with Gasteiger partial charge in [0.15, 0.2) is 5.96 Å². The Bertz CT molecular complexity index is 1080. The van der Waals surface area contributed by atoms with Crippen molar-refractivity contribution in [2.75, 3.05) is 20.1 Å². The number of halogens is 1. The number of nitrogens with one attached hydrogen (secondary N) is 4. The van der Waals surface area contributed by atoms with E-state index in [1.165, 1.54) is 12.1 Å². The van der Waals surface area contributed by atoms with Gasteiger partial charge in [-0.3, -0.25) is 4.99 Å². The Balaban J connectivity index is 1.26. The average Bonchev–Trinajstić information content (AvgIpc) is 3.30. The molecule has 4 N–H and O–H groups in total. The third-order valence-corrected chi connectivity index (χ3v) is 4.73. The van der Waals surface area contributed by atoms with Gasteiger partial charge in [0.2, 0.25) is 0 Å². The van der Waals surface area contributed by atoms with Crippen molar-refractivity contribution in [3.63, 3.8) is 0 Å². The highest BCUT2D eigenvalue weighted by Crippen LogP contribution is 2.19. The molecule has 0 aliphatic carbocycles. The van der Waals surface area contributed by atoms with Crippen LogP contribution in [-0.2, 0) is 12.8 Å². The highest BCUT2D eigenvalue weighted by molar-refractivity contribution is 5.83. The van der Waals surface area contributed by atoms with E-state index < -0.39 is 0 Å². The van der Waals surface area contributed by atoms with Crippen molar-refractivity contribution in [2.24, 2.45) is 4.99 Å². The van der Waals surface area contributed by atoms with E-state index >= 15 is 0 Å². The Morgan fingerprint density at radius 2 is 1.89 bits per heavy atom. The van der Waals surface area contributed by atoms with Crippen LogP contribution in [0.5, 0.6) is 0 Å². The van der Waals surface area contributed by atoms with Crippen molar-refractivity contribution in [3.05, 3.63) is 65.9 Å². The summed E-state index contributed by atoms with van der Waals surface area (Å²) >= 11 is 0. The van der Waals surface area contributed by atoms with Gasteiger partial charge in [-0.1, -0.05) is 12.1 Å².